The van der Waals surface area contributed by atoms with Crippen LogP contribution >= 0.6 is 15.9 Å². The summed E-state index contributed by atoms with van der Waals surface area (Å²) in [5, 5.41) is 10.7. The second-order valence-electron chi connectivity index (χ2n) is 14.1. The van der Waals surface area contributed by atoms with Gasteiger partial charge < -0.3 is 24.4 Å². The second-order valence-corrected chi connectivity index (χ2v) is 15.0. The van der Waals surface area contributed by atoms with Crippen molar-refractivity contribution >= 4 is 33.4 Å². The van der Waals surface area contributed by atoms with Gasteiger partial charge in [0, 0.05) is 72.0 Å². The predicted octanol–water partition coefficient (Wildman–Crippen LogP) is 5.20. The number of benzene rings is 3. The molecule has 2 saturated heterocycles. The van der Waals surface area contributed by atoms with Crippen LogP contribution in [0.1, 0.15) is 44.6 Å². The Kier molecular flexibility index (Phi) is 8.56. The molecule has 0 aliphatic carbocycles. The highest BCUT2D eigenvalue weighted by atomic mass is 79.9. The van der Waals surface area contributed by atoms with Crippen molar-refractivity contribution in [2.45, 2.75) is 38.8 Å². The number of fused-ring (bicyclic) bond motifs is 1. The minimum atomic E-state index is -4.69. The van der Waals surface area contributed by atoms with E-state index in [2.05, 4.69) is 48.3 Å². The lowest BCUT2D eigenvalue weighted by molar-refractivity contribution is -0.138. The van der Waals surface area contributed by atoms with Crippen LogP contribution in [0.15, 0.2) is 86.8 Å². The number of imidazole rings is 1. The minimum Gasteiger partial charge on any atom is -0.423 e. The van der Waals surface area contributed by atoms with Gasteiger partial charge in [-0.3, -0.25) is 18.7 Å². The number of carbonyl (C=O) groups is 2. The molecule has 3 aromatic carbocycles. The van der Waals surface area contributed by atoms with Gasteiger partial charge in [-0.15, -0.1) is 10.2 Å². The summed E-state index contributed by atoms with van der Waals surface area (Å²) in [6.07, 6.45) is -3.48. The van der Waals surface area contributed by atoms with Crippen molar-refractivity contribution in [3.63, 3.8) is 0 Å². The minimum absolute atomic E-state index is 0.0231. The fourth-order valence-corrected chi connectivity index (χ4v) is 8.36. The molecule has 1 spiro atoms. The lowest BCUT2D eigenvalue weighted by atomic mass is 9.73. The molecule has 12 nitrogen and oxygen atoms in total. The van der Waals surface area contributed by atoms with E-state index < -0.39 is 35.3 Å². The third-order valence-electron chi connectivity index (χ3n) is 10.3. The molecule has 0 bridgehead atoms. The van der Waals surface area contributed by atoms with Crippen molar-refractivity contribution in [2.24, 2.45) is 5.41 Å². The lowest BCUT2D eigenvalue weighted by Crippen LogP contribution is -2.71. The van der Waals surface area contributed by atoms with Gasteiger partial charge in [0.2, 0.25) is 12.3 Å². The van der Waals surface area contributed by atoms with E-state index in [9.17, 15) is 27.6 Å². The van der Waals surface area contributed by atoms with Gasteiger partial charge in [0.25, 0.3) is 11.8 Å². The van der Waals surface area contributed by atoms with Gasteiger partial charge in [-0.2, -0.15) is 13.2 Å². The largest absolute Gasteiger partial charge is 0.423 e. The smallest absolute Gasteiger partial charge is 0.417 e. The number of anilines is 1. The number of aromatic nitrogens is 4. The number of rotatable bonds is 7. The van der Waals surface area contributed by atoms with Gasteiger partial charge in [0.05, 0.1) is 23.5 Å². The topological polar surface area (TPSA) is 122 Å². The van der Waals surface area contributed by atoms with Crippen LogP contribution in [-0.2, 0) is 25.8 Å². The van der Waals surface area contributed by atoms with Crippen LogP contribution in [0.5, 0.6) is 0 Å². The molecule has 0 radical (unpaired) electrons. The van der Waals surface area contributed by atoms with E-state index in [1.165, 1.54) is 32.6 Å². The van der Waals surface area contributed by atoms with Crippen LogP contribution in [0.4, 0.5) is 18.9 Å². The molecule has 2 fully saturated rings. The number of nitrogens with one attached hydrogen (secondary N) is 1. The standard InChI is InChI=1S/C37H34BrF3N8O4/c1-22-15-48-30(16-47(22)34(51)23-7-12-29(38)28(13-23)37(39,40)41)31(32(50)42-14-24-5-3-4-6-27(24)33-44-43-21-53-33)49(35(48)52)26-10-8-25(9-11-26)46-19-36(20-46)17-45(2)18-36/h3-13,21-22H,14-20H2,1-2H3,(H,42,50)/t22-/m1/s1. The van der Waals surface area contributed by atoms with Crippen molar-refractivity contribution in [3.05, 3.63) is 116 Å². The van der Waals surface area contributed by atoms with Crippen molar-refractivity contribution in [2.75, 3.05) is 38.1 Å². The number of hydrogen-bond donors (Lipinski definition) is 1. The Labute approximate surface area is 309 Å². The normalized spacial score (nSPS) is 18.0. The van der Waals surface area contributed by atoms with Crippen LogP contribution < -0.4 is 15.9 Å². The van der Waals surface area contributed by atoms with Crippen LogP contribution in [0.2, 0.25) is 0 Å². The number of alkyl halides is 3. The van der Waals surface area contributed by atoms with Crippen LogP contribution in [-0.4, -0.2) is 80.2 Å². The molecule has 274 valence electrons. The van der Waals surface area contributed by atoms with Crippen molar-refractivity contribution in [3.8, 4) is 17.1 Å². The fourth-order valence-electron chi connectivity index (χ4n) is 7.89. The number of carbonyl (C=O) groups excluding carboxylic acids is 2. The zero-order valence-corrected chi connectivity index (χ0v) is 30.3. The molecule has 8 rings (SSSR count). The van der Waals surface area contributed by atoms with Gasteiger partial charge in [0.15, 0.2) is 0 Å². The first-order chi connectivity index (χ1) is 25.3. The van der Waals surface area contributed by atoms with E-state index in [1.807, 2.05) is 12.1 Å². The van der Waals surface area contributed by atoms with Gasteiger partial charge in [0.1, 0.15) is 5.69 Å². The van der Waals surface area contributed by atoms with Crippen molar-refractivity contribution < 1.29 is 27.2 Å². The van der Waals surface area contributed by atoms with Gasteiger partial charge in [-0.1, -0.05) is 34.1 Å². The maximum Gasteiger partial charge on any atom is 0.417 e. The second kappa shape index (κ2) is 13.0. The maximum atomic E-state index is 14.3. The average molecular weight is 792 g/mol. The summed E-state index contributed by atoms with van der Waals surface area (Å²) < 4.78 is 49.3. The summed E-state index contributed by atoms with van der Waals surface area (Å²) in [7, 11) is 2.11. The number of halogens is 4. The molecular formula is C37H34BrF3N8O4. The van der Waals surface area contributed by atoms with E-state index in [1.54, 1.807) is 43.3 Å². The van der Waals surface area contributed by atoms with Crippen LogP contribution in [0.25, 0.3) is 17.1 Å². The summed E-state index contributed by atoms with van der Waals surface area (Å²) in [4.78, 5) is 48.4. The summed E-state index contributed by atoms with van der Waals surface area (Å²) in [5.41, 5.74) is 1.78. The molecule has 0 unspecified atom stereocenters. The Morgan fingerprint density at radius 1 is 1.02 bits per heavy atom. The Bertz CT molecular complexity index is 2270. The summed E-state index contributed by atoms with van der Waals surface area (Å²) >= 11 is 2.94. The first kappa shape index (κ1) is 34.8. The maximum absolute atomic E-state index is 14.3. The first-order valence-electron chi connectivity index (χ1n) is 17.0. The zero-order chi connectivity index (χ0) is 37.2. The third-order valence-corrected chi connectivity index (χ3v) is 11.0. The van der Waals surface area contributed by atoms with E-state index in [0.717, 1.165) is 37.9 Å². The number of likely N-dealkylation sites (tertiary alicyclic amines) is 1. The van der Waals surface area contributed by atoms with E-state index >= 15 is 0 Å². The zero-order valence-electron chi connectivity index (χ0n) is 28.7. The molecule has 2 amide bonds. The number of amides is 2. The molecule has 1 N–H and O–H groups in total. The SMILES string of the molecule is C[C@@H]1Cn2c(c(C(=O)NCc3ccccc3-c3nnco3)n(-c3ccc(N4CC5(CN(C)C5)C4)cc3)c2=O)CN1C(=O)c1ccc(Br)c(C(F)(F)F)c1. The monoisotopic (exact) mass is 790 g/mol. The molecule has 1 atom stereocenters. The molecule has 53 heavy (non-hydrogen) atoms. The molecular weight excluding hydrogens is 757 g/mol. The number of nitrogens with zero attached hydrogens (tertiary/aromatic N) is 7. The molecule has 5 aromatic rings. The Morgan fingerprint density at radius 2 is 1.74 bits per heavy atom. The Hall–Kier alpha value is -5.22. The highest BCUT2D eigenvalue weighted by Crippen LogP contribution is 2.41. The highest BCUT2D eigenvalue weighted by molar-refractivity contribution is 9.10. The van der Waals surface area contributed by atoms with Crippen molar-refractivity contribution in [1.29, 1.82) is 0 Å². The van der Waals surface area contributed by atoms with Gasteiger partial charge >= 0.3 is 11.9 Å². The third kappa shape index (κ3) is 6.22. The van der Waals surface area contributed by atoms with Gasteiger partial charge in [-0.25, -0.2) is 4.79 Å². The quantitative estimate of drug-likeness (QED) is 0.239. The highest BCUT2D eigenvalue weighted by Gasteiger charge is 2.50. The molecule has 16 heteroatoms. The van der Waals surface area contributed by atoms with Crippen LogP contribution in [0, 0.1) is 5.41 Å². The van der Waals surface area contributed by atoms with Crippen LogP contribution in [0.3, 0.4) is 0 Å². The number of hydrogen-bond acceptors (Lipinski definition) is 8. The summed E-state index contributed by atoms with van der Waals surface area (Å²) in [5.74, 6) is -0.963. The van der Waals surface area contributed by atoms with E-state index in [4.69, 9.17) is 4.42 Å². The Balaban J connectivity index is 1.14. The molecule has 3 aliphatic heterocycles. The molecule has 5 heterocycles. The lowest BCUT2D eigenvalue weighted by Gasteiger charge is -2.60. The average Bonchev–Trinajstić information content (AvgIpc) is 3.74. The predicted molar refractivity (Wildman–Crippen MR) is 192 cm³/mol. The van der Waals surface area contributed by atoms with E-state index in [0.29, 0.717) is 22.2 Å². The molecule has 2 aromatic heterocycles. The molecule has 0 saturated carbocycles. The Morgan fingerprint density at radius 3 is 2.42 bits per heavy atom. The van der Waals surface area contributed by atoms with Crippen molar-refractivity contribution in [1.82, 2.24) is 34.4 Å². The summed E-state index contributed by atoms with van der Waals surface area (Å²) in [6.45, 7) is 5.61. The first-order valence-corrected chi connectivity index (χ1v) is 17.8. The van der Waals surface area contributed by atoms with Gasteiger partial charge in [-0.05, 0) is 68.1 Å². The molecule has 3 aliphatic rings. The summed E-state index contributed by atoms with van der Waals surface area (Å²) in [6, 6.07) is 17.4. The van der Waals surface area contributed by atoms with E-state index in [-0.39, 0.29) is 46.9 Å². The fraction of sp³-hybridized carbons (Fsp3) is 0.324.